The molecule has 27 heavy (non-hydrogen) atoms. The predicted molar refractivity (Wildman–Crippen MR) is 115 cm³/mol. The Hall–Kier alpha value is -2.40. The van der Waals surface area contributed by atoms with Gasteiger partial charge in [0.2, 0.25) is 0 Å². The lowest BCUT2D eigenvalue weighted by Crippen LogP contribution is -2.30. The Labute approximate surface area is 167 Å². The summed E-state index contributed by atoms with van der Waals surface area (Å²) in [5.74, 6) is 0.948. The van der Waals surface area contributed by atoms with Gasteiger partial charge in [0.25, 0.3) is 5.91 Å². The first-order valence-electron chi connectivity index (χ1n) is 9.33. The Kier molecular flexibility index (Phi) is 5.12. The number of rotatable bonds is 3. The van der Waals surface area contributed by atoms with Gasteiger partial charge in [-0.25, -0.2) is 4.98 Å². The van der Waals surface area contributed by atoms with Crippen molar-refractivity contribution < 1.29 is 4.79 Å². The van der Waals surface area contributed by atoms with E-state index in [1.807, 2.05) is 30.3 Å². The topological polar surface area (TPSA) is 45.2 Å². The molecule has 1 saturated heterocycles. The molecule has 138 valence electrons. The molecule has 0 radical (unpaired) electrons. The SMILES string of the molecule is Cc1cc(N2CCCCC2)nc2ccc(NC(=O)c3ccc(Br)cc3)cc12. The van der Waals surface area contributed by atoms with E-state index in [4.69, 9.17) is 4.98 Å². The minimum atomic E-state index is -0.114. The van der Waals surface area contributed by atoms with E-state index in [9.17, 15) is 4.79 Å². The van der Waals surface area contributed by atoms with Crippen LogP contribution >= 0.6 is 15.9 Å². The summed E-state index contributed by atoms with van der Waals surface area (Å²) >= 11 is 3.39. The second-order valence-corrected chi connectivity index (χ2v) is 7.95. The summed E-state index contributed by atoms with van der Waals surface area (Å²) in [5.41, 5.74) is 3.57. The number of benzene rings is 2. The summed E-state index contributed by atoms with van der Waals surface area (Å²) in [4.78, 5) is 19.7. The van der Waals surface area contributed by atoms with Gasteiger partial charge in [-0.3, -0.25) is 4.79 Å². The molecule has 1 fully saturated rings. The number of carbonyl (C=O) groups excluding carboxylic acids is 1. The minimum absolute atomic E-state index is 0.114. The fourth-order valence-corrected chi connectivity index (χ4v) is 3.81. The van der Waals surface area contributed by atoms with Crippen LogP contribution in [-0.2, 0) is 0 Å². The van der Waals surface area contributed by atoms with E-state index in [0.717, 1.165) is 40.0 Å². The van der Waals surface area contributed by atoms with E-state index in [0.29, 0.717) is 5.56 Å². The van der Waals surface area contributed by atoms with Crippen LogP contribution in [-0.4, -0.2) is 24.0 Å². The first-order valence-corrected chi connectivity index (χ1v) is 10.1. The van der Waals surface area contributed by atoms with Crippen LogP contribution < -0.4 is 10.2 Å². The lowest BCUT2D eigenvalue weighted by Gasteiger charge is -2.28. The van der Waals surface area contributed by atoms with Crippen molar-refractivity contribution in [2.75, 3.05) is 23.3 Å². The van der Waals surface area contributed by atoms with E-state index < -0.39 is 0 Å². The van der Waals surface area contributed by atoms with Crippen molar-refractivity contribution in [3.05, 3.63) is 64.1 Å². The molecule has 0 saturated carbocycles. The zero-order valence-electron chi connectivity index (χ0n) is 15.3. The number of carbonyl (C=O) groups is 1. The fraction of sp³-hybridized carbons (Fsp3) is 0.273. The molecular weight excluding hydrogens is 402 g/mol. The molecule has 2 aromatic carbocycles. The van der Waals surface area contributed by atoms with Gasteiger partial charge in [-0.1, -0.05) is 15.9 Å². The van der Waals surface area contributed by atoms with Crippen molar-refractivity contribution in [3.63, 3.8) is 0 Å². The lowest BCUT2D eigenvalue weighted by molar-refractivity contribution is 0.102. The second-order valence-electron chi connectivity index (χ2n) is 7.04. The maximum atomic E-state index is 12.5. The van der Waals surface area contributed by atoms with Crippen molar-refractivity contribution in [1.82, 2.24) is 4.98 Å². The highest BCUT2D eigenvalue weighted by molar-refractivity contribution is 9.10. The van der Waals surface area contributed by atoms with Crippen molar-refractivity contribution in [1.29, 1.82) is 0 Å². The zero-order chi connectivity index (χ0) is 18.8. The third-order valence-corrected chi connectivity index (χ3v) is 5.58. The monoisotopic (exact) mass is 423 g/mol. The summed E-state index contributed by atoms with van der Waals surface area (Å²) in [7, 11) is 0. The average molecular weight is 424 g/mol. The van der Waals surface area contributed by atoms with Gasteiger partial charge >= 0.3 is 0 Å². The van der Waals surface area contributed by atoms with Crippen molar-refractivity contribution >= 4 is 44.2 Å². The van der Waals surface area contributed by atoms with Gasteiger partial charge in [-0.15, -0.1) is 0 Å². The first-order chi connectivity index (χ1) is 13.1. The van der Waals surface area contributed by atoms with Gasteiger partial charge in [-0.05, 0) is 80.3 Å². The number of pyridine rings is 1. The number of piperidine rings is 1. The second kappa shape index (κ2) is 7.69. The van der Waals surface area contributed by atoms with Gasteiger partial charge in [0.05, 0.1) is 5.52 Å². The molecule has 4 rings (SSSR count). The van der Waals surface area contributed by atoms with Crippen LogP contribution in [0.25, 0.3) is 10.9 Å². The molecule has 1 aliphatic heterocycles. The molecule has 2 heterocycles. The molecule has 1 aliphatic rings. The van der Waals surface area contributed by atoms with Crippen LogP contribution in [0.1, 0.15) is 35.2 Å². The Morgan fingerprint density at radius 2 is 1.78 bits per heavy atom. The molecule has 4 nitrogen and oxygen atoms in total. The Bertz CT molecular complexity index is 979. The standard InChI is InChI=1S/C22H22BrN3O/c1-15-13-21(26-11-3-2-4-12-26)25-20-10-9-18(14-19(15)20)24-22(27)16-5-7-17(23)8-6-16/h5-10,13-14H,2-4,11-12H2,1H3,(H,24,27). The van der Waals surface area contributed by atoms with Crippen molar-refractivity contribution in [3.8, 4) is 0 Å². The lowest BCUT2D eigenvalue weighted by atomic mass is 10.1. The summed E-state index contributed by atoms with van der Waals surface area (Å²) in [6.45, 7) is 4.27. The maximum Gasteiger partial charge on any atom is 0.255 e. The largest absolute Gasteiger partial charge is 0.357 e. The molecule has 0 spiro atoms. The number of amides is 1. The Morgan fingerprint density at radius 1 is 1.04 bits per heavy atom. The van der Waals surface area contributed by atoms with Crippen molar-refractivity contribution in [2.24, 2.45) is 0 Å². The van der Waals surface area contributed by atoms with E-state index in [-0.39, 0.29) is 5.91 Å². The van der Waals surface area contributed by atoms with Crippen LogP contribution in [0.2, 0.25) is 0 Å². The number of hydrogen-bond donors (Lipinski definition) is 1. The normalized spacial score (nSPS) is 14.4. The molecule has 3 aromatic rings. The molecule has 0 aliphatic carbocycles. The molecule has 0 bridgehead atoms. The van der Waals surface area contributed by atoms with Crippen LogP contribution in [0.15, 0.2) is 53.0 Å². The van der Waals surface area contributed by atoms with E-state index >= 15 is 0 Å². The van der Waals surface area contributed by atoms with Crippen LogP contribution in [0.5, 0.6) is 0 Å². The number of hydrogen-bond acceptors (Lipinski definition) is 3. The van der Waals surface area contributed by atoms with Gasteiger partial charge in [0, 0.05) is 34.2 Å². The highest BCUT2D eigenvalue weighted by Crippen LogP contribution is 2.27. The van der Waals surface area contributed by atoms with Crippen LogP contribution in [0.4, 0.5) is 11.5 Å². The number of nitrogens with one attached hydrogen (secondary N) is 1. The highest BCUT2D eigenvalue weighted by Gasteiger charge is 2.14. The zero-order valence-corrected chi connectivity index (χ0v) is 16.9. The number of halogens is 1. The van der Waals surface area contributed by atoms with E-state index in [1.54, 1.807) is 12.1 Å². The van der Waals surface area contributed by atoms with Gasteiger partial charge in [0.15, 0.2) is 0 Å². The fourth-order valence-electron chi connectivity index (χ4n) is 3.54. The molecule has 1 amide bonds. The summed E-state index contributed by atoms with van der Waals surface area (Å²) < 4.78 is 0.955. The quantitative estimate of drug-likeness (QED) is 0.600. The van der Waals surface area contributed by atoms with Crippen LogP contribution in [0.3, 0.4) is 0 Å². The van der Waals surface area contributed by atoms with Crippen LogP contribution in [0, 0.1) is 6.92 Å². The first kappa shape index (κ1) is 18.0. The summed E-state index contributed by atoms with van der Waals surface area (Å²) in [5, 5.41) is 4.06. The number of fused-ring (bicyclic) bond motifs is 1. The molecular formula is C22H22BrN3O. The Morgan fingerprint density at radius 3 is 2.52 bits per heavy atom. The van der Waals surface area contributed by atoms with Gasteiger partial charge < -0.3 is 10.2 Å². The smallest absolute Gasteiger partial charge is 0.255 e. The molecule has 1 N–H and O–H groups in total. The predicted octanol–water partition coefficient (Wildman–Crippen LogP) is 5.55. The summed E-state index contributed by atoms with van der Waals surface area (Å²) in [6, 6.07) is 15.4. The Balaban J connectivity index is 1.59. The molecule has 5 heteroatoms. The summed E-state index contributed by atoms with van der Waals surface area (Å²) in [6.07, 6.45) is 3.78. The maximum absolute atomic E-state index is 12.5. The van der Waals surface area contributed by atoms with E-state index in [2.05, 4.69) is 39.1 Å². The van der Waals surface area contributed by atoms with Crippen molar-refractivity contribution in [2.45, 2.75) is 26.2 Å². The highest BCUT2D eigenvalue weighted by atomic mass is 79.9. The molecule has 1 aromatic heterocycles. The van der Waals surface area contributed by atoms with Gasteiger partial charge in [0.1, 0.15) is 5.82 Å². The number of anilines is 2. The molecule has 0 unspecified atom stereocenters. The average Bonchev–Trinajstić information content (AvgIpc) is 2.69. The third kappa shape index (κ3) is 3.98. The van der Waals surface area contributed by atoms with E-state index in [1.165, 1.54) is 24.8 Å². The molecule has 0 atom stereocenters. The number of aromatic nitrogens is 1. The third-order valence-electron chi connectivity index (χ3n) is 5.05. The minimum Gasteiger partial charge on any atom is -0.357 e. The number of aryl methyl sites for hydroxylation is 1. The van der Waals surface area contributed by atoms with Gasteiger partial charge in [-0.2, -0.15) is 0 Å². The number of nitrogens with zero attached hydrogens (tertiary/aromatic N) is 2.